The summed E-state index contributed by atoms with van der Waals surface area (Å²) in [7, 11) is 1.37. The van der Waals surface area contributed by atoms with Crippen molar-refractivity contribution in [3.8, 4) is 0 Å². The Balaban J connectivity index is 1.62. The van der Waals surface area contributed by atoms with Crippen LogP contribution in [0.1, 0.15) is 34.9 Å². The highest BCUT2D eigenvalue weighted by Gasteiger charge is 2.33. The van der Waals surface area contributed by atoms with Gasteiger partial charge in [-0.2, -0.15) is 0 Å². The third-order valence-corrected chi connectivity index (χ3v) is 5.24. The molecule has 0 saturated carbocycles. The smallest absolute Gasteiger partial charge is 0.321 e. The molecule has 2 N–H and O–H groups in total. The molecule has 1 aliphatic heterocycles. The van der Waals surface area contributed by atoms with Gasteiger partial charge in [-0.1, -0.05) is 30.3 Å². The number of hydrogen-bond donors (Lipinski definition) is 2. The first-order chi connectivity index (χ1) is 15.4. The number of amides is 4. The summed E-state index contributed by atoms with van der Waals surface area (Å²) in [5.41, 5.74) is 0.814. The molecule has 32 heavy (non-hydrogen) atoms. The molecule has 3 rings (SSSR count). The first-order valence-corrected chi connectivity index (χ1v) is 10.2. The highest BCUT2D eigenvalue weighted by atomic mass is 19.1. The van der Waals surface area contributed by atoms with Gasteiger partial charge in [-0.05, 0) is 37.1 Å². The van der Waals surface area contributed by atoms with Gasteiger partial charge in [-0.3, -0.25) is 19.7 Å². The second kappa shape index (κ2) is 10.5. The van der Waals surface area contributed by atoms with Crippen molar-refractivity contribution in [2.75, 3.05) is 20.1 Å². The van der Waals surface area contributed by atoms with E-state index in [-0.39, 0.29) is 5.91 Å². The third-order valence-electron chi connectivity index (χ3n) is 5.24. The van der Waals surface area contributed by atoms with Crippen molar-refractivity contribution in [3.63, 3.8) is 0 Å². The average molecular weight is 441 g/mol. The van der Waals surface area contributed by atoms with Crippen LogP contribution in [0, 0.1) is 11.7 Å². The number of benzene rings is 2. The SMILES string of the molecule is CNC(=O)NC(=O)C(OC(=O)C1CCN(C(=O)c2ccc(F)cc2)CC1)c1ccccc1. The fourth-order valence-corrected chi connectivity index (χ4v) is 3.45. The maximum absolute atomic E-state index is 13.1. The zero-order valence-corrected chi connectivity index (χ0v) is 17.5. The van der Waals surface area contributed by atoms with Crippen LogP contribution >= 0.6 is 0 Å². The summed E-state index contributed by atoms with van der Waals surface area (Å²) in [4.78, 5) is 51.0. The molecular formula is C23H24FN3O5. The van der Waals surface area contributed by atoms with Crippen LogP contribution < -0.4 is 10.6 Å². The van der Waals surface area contributed by atoms with Crippen molar-refractivity contribution in [2.24, 2.45) is 5.92 Å². The van der Waals surface area contributed by atoms with Crippen LogP contribution in [0.3, 0.4) is 0 Å². The number of rotatable bonds is 5. The fourth-order valence-electron chi connectivity index (χ4n) is 3.45. The van der Waals surface area contributed by atoms with E-state index in [9.17, 15) is 23.6 Å². The summed E-state index contributed by atoms with van der Waals surface area (Å²) in [6.45, 7) is 0.660. The molecule has 168 valence electrons. The van der Waals surface area contributed by atoms with Gasteiger partial charge in [0.05, 0.1) is 5.92 Å². The number of piperidine rings is 1. The Bertz CT molecular complexity index is 973. The normalized spacial score (nSPS) is 14.9. The number of halogens is 1. The Kier molecular flexibility index (Phi) is 7.54. The monoisotopic (exact) mass is 441 g/mol. The van der Waals surface area contributed by atoms with Gasteiger partial charge < -0.3 is 15.0 Å². The summed E-state index contributed by atoms with van der Waals surface area (Å²) >= 11 is 0. The summed E-state index contributed by atoms with van der Waals surface area (Å²) in [6.07, 6.45) is -0.547. The van der Waals surface area contributed by atoms with E-state index >= 15 is 0 Å². The lowest BCUT2D eigenvalue weighted by atomic mass is 9.96. The van der Waals surface area contributed by atoms with Crippen LogP contribution in [0.25, 0.3) is 0 Å². The highest BCUT2D eigenvalue weighted by molar-refractivity contribution is 5.98. The van der Waals surface area contributed by atoms with E-state index in [4.69, 9.17) is 4.74 Å². The molecule has 0 bridgehead atoms. The van der Waals surface area contributed by atoms with Crippen LogP contribution in [0.4, 0.5) is 9.18 Å². The Hall–Kier alpha value is -3.75. The summed E-state index contributed by atoms with van der Waals surface area (Å²) in [5, 5.41) is 4.42. The van der Waals surface area contributed by atoms with Crippen LogP contribution in [0.2, 0.25) is 0 Å². The summed E-state index contributed by atoms with van der Waals surface area (Å²) in [5.74, 6) is -2.47. The predicted molar refractivity (Wildman–Crippen MR) is 113 cm³/mol. The van der Waals surface area contributed by atoms with Crippen LogP contribution in [0.5, 0.6) is 0 Å². The quantitative estimate of drug-likeness (QED) is 0.694. The predicted octanol–water partition coefficient (Wildman–Crippen LogP) is 2.42. The second-order valence-corrected chi connectivity index (χ2v) is 7.37. The van der Waals surface area contributed by atoms with E-state index in [1.54, 1.807) is 35.2 Å². The largest absolute Gasteiger partial charge is 0.447 e. The van der Waals surface area contributed by atoms with Gasteiger partial charge in [0.15, 0.2) is 0 Å². The minimum atomic E-state index is -1.28. The molecule has 8 nitrogen and oxygen atoms in total. The van der Waals surface area contributed by atoms with Crippen molar-refractivity contribution >= 4 is 23.8 Å². The van der Waals surface area contributed by atoms with Gasteiger partial charge in [0.2, 0.25) is 6.10 Å². The van der Waals surface area contributed by atoms with Crippen LogP contribution in [-0.2, 0) is 14.3 Å². The van der Waals surface area contributed by atoms with E-state index in [1.165, 1.54) is 31.3 Å². The maximum atomic E-state index is 13.1. The number of carbonyl (C=O) groups excluding carboxylic acids is 4. The first kappa shape index (κ1) is 22.9. The molecule has 0 aliphatic carbocycles. The number of carbonyl (C=O) groups is 4. The molecule has 1 atom stereocenters. The van der Waals surface area contributed by atoms with Crippen molar-refractivity contribution in [1.29, 1.82) is 0 Å². The number of hydrogen-bond acceptors (Lipinski definition) is 5. The number of ether oxygens (including phenoxy) is 1. The number of urea groups is 1. The molecular weight excluding hydrogens is 417 g/mol. The Morgan fingerprint density at radius 2 is 1.62 bits per heavy atom. The molecule has 4 amide bonds. The van der Waals surface area contributed by atoms with E-state index in [2.05, 4.69) is 10.6 Å². The molecule has 0 spiro atoms. The fraction of sp³-hybridized carbons (Fsp3) is 0.304. The zero-order valence-electron chi connectivity index (χ0n) is 17.5. The van der Waals surface area contributed by atoms with Crippen molar-refractivity contribution in [2.45, 2.75) is 18.9 Å². The third kappa shape index (κ3) is 5.69. The lowest BCUT2D eigenvalue weighted by Gasteiger charge is -2.31. The topological polar surface area (TPSA) is 105 Å². The van der Waals surface area contributed by atoms with Crippen molar-refractivity contribution in [1.82, 2.24) is 15.5 Å². The van der Waals surface area contributed by atoms with Crippen LogP contribution in [-0.4, -0.2) is 48.9 Å². The lowest BCUT2D eigenvalue weighted by Crippen LogP contribution is -2.43. The van der Waals surface area contributed by atoms with Gasteiger partial charge in [0, 0.05) is 31.3 Å². The Labute approximate surface area is 184 Å². The number of nitrogens with one attached hydrogen (secondary N) is 2. The number of esters is 1. The molecule has 0 aromatic heterocycles. The molecule has 1 unspecified atom stereocenters. The van der Waals surface area contributed by atoms with Crippen molar-refractivity contribution < 1.29 is 28.3 Å². The summed E-state index contributed by atoms with van der Waals surface area (Å²) < 4.78 is 18.6. The van der Waals surface area contributed by atoms with Crippen molar-refractivity contribution in [3.05, 3.63) is 71.5 Å². The standard InChI is InChI=1S/C23H24FN3O5/c1-25-23(31)26-20(28)19(15-5-3-2-4-6-15)32-22(30)17-11-13-27(14-12-17)21(29)16-7-9-18(24)10-8-16/h2-10,17,19H,11-14H2,1H3,(H2,25,26,28,31). The highest BCUT2D eigenvalue weighted by Crippen LogP contribution is 2.25. The Morgan fingerprint density at radius 1 is 1.00 bits per heavy atom. The van der Waals surface area contributed by atoms with Gasteiger partial charge in [-0.15, -0.1) is 0 Å². The zero-order chi connectivity index (χ0) is 23.1. The van der Waals surface area contributed by atoms with Gasteiger partial charge in [0.1, 0.15) is 5.82 Å². The van der Waals surface area contributed by atoms with E-state index < -0.39 is 35.7 Å². The molecule has 9 heteroatoms. The summed E-state index contributed by atoms with van der Waals surface area (Å²) in [6, 6.07) is 13.0. The van der Waals surface area contributed by atoms with Crippen LogP contribution in [0.15, 0.2) is 54.6 Å². The van der Waals surface area contributed by atoms with Gasteiger partial charge in [0.25, 0.3) is 11.8 Å². The second-order valence-electron chi connectivity index (χ2n) is 7.37. The number of likely N-dealkylation sites (tertiary alicyclic amines) is 1. The molecule has 2 aromatic rings. The number of imide groups is 1. The molecule has 1 aliphatic rings. The minimum absolute atomic E-state index is 0.232. The van der Waals surface area contributed by atoms with E-state index in [0.717, 1.165) is 0 Å². The molecule has 2 aromatic carbocycles. The maximum Gasteiger partial charge on any atom is 0.321 e. The van der Waals surface area contributed by atoms with E-state index in [0.29, 0.717) is 37.1 Å². The molecule has 0 radical (unpaired) electrons. The minimum Gasteiger partial charge on any atom is -0.447 e. The average Bonchev–Trinajstić information content (AvgIpc) is 2.82. The molecule has 1 heterocycles. The first-order valence-electron chi connectivity index (χ1n) is 10.2. The van der Waals surface area contributed by atoms with E-state index in [1.807, 2.05) is 0 Å². The molecule has 1 saturated heterocycles. The Morgan fingerprint density at radius 3 is 2.22 bits per heavy atom. The lowest BCUT2D eigenvalue weighted by molar-refractivity contribution is -0.161. The van der Waals surface area contributed by atoms with Gasteiger partial charge >= 0.3 is 12.0 Å². The number of nitrogens with zero attached hydrogens (tertiary/aromatic N) is 1. The molecule has 1 fully saturated rings. The van der Waals surface area contributed by atoms with Gasteiger partial charge in [-0.25, -0.2) is 9.18 Å².